The first kappa shape index (κ1) is 26.3. The quantitative estimate of drug-likeness (QED) is 0.0715. The van der Waals surface area contributed by atoms with Gasteiger partial charge in [0.05, 0.1) is 10.3 Å². The second kappa shape index (κ2) is 12.9. The summed E-state index contributed by atoms with van der Waals surface area (Å²) < 4.78 is 10.3. The molecule has 0 aliphatic carbocycles. The number of aromatic nitrogens is 3. The van der Waals surface area contributed by atoms with Gasteiger partial charge in [-0.25, -0.2) is 16.2 Å². The molecular weight excluding hydrogens is 469 g/mol. The van der Waals surface area contributed by atoms with Crippen molar-refractivity contribution in [2.24, 2.45) is 16.7 Å². The molecule has 0 saturated carbocycles. The predicted octanol–water partition coefficient (Wildman–Crippen LogP) is 0.360. The van der Waals surface area contributed by atoms with Crippen molar-refractivity contribution < 1.29 is 19.1 Å². The van der Waals surface area contributed by atoms with E-state index in [9.17, 15) is 18.9 Å². The third kappa shape index (κ3) is 7.86. The van der Waals surface area contributed by atoms with Crippen LogP contribution in [0, 0.1) is 0 Å². The standard InChI is InChI=1S/C17H23N9O2S.C2H3FO2/c18-12(25-26-20)2-1-7-21-15(27)11-6-5-10(29-11)4-3-9-8-22-14-13(9)16(28)24-17(19)23-14;1-2(4)5-3/h5-6,8,26H,1-4,7,20H2,(H2,18,25)(H,21,27)(H4,19,22,23,24,28);1H3. The number of carbonyl (C=O) groups is 2. The largest absolute Gasteiger partial charge is 0.386 e. The minimum atomic E-state index is -0.912. The molecule has 34 heavy (non-hydrogen) atoms. The number of hydrogen-bond acceptors (Lipinski definition) is 10. The van der Waals surface area contributed by atoms with E-state index >= 15 is 0 Å². The van der Waals surface area contributed by atoms with E-state index < -0.39 is 5.97 Å². The minimum Gasteiger partial charge on any atom is -0.386 e. The van der Waals surface area contributed by atoms with Gasteiger partial charge in [-0.1, -0.05) is 0 Å². The maximum absolute atomic E-state index is 12.2. The lowest BCUT2D eigenvalue weighted by Gasteiger charge is -2.03. The third-order valence-corrected chi connectivity index (χ3v) is 5.52. The molecular formula is C19H26FN9O4S. The Morgan fingerprint density at radius 2 is 2.06 bits per heavy atom. The topological polar surface area (TPSA) is 219 Å². The molecule has 3 rings (SSSR count). The van der Waals surface area contributed by atoms with E-state index in [1.165, 1.54) is 11.3 Å². The number of aromatic amines is 2. The van der Waals surface area contributed by atoms with Crippen LogP contribution in [0.4, 0.5) is 10.5 Å². The molecule has 0 saturated heterocycles. The molecule has 3 aromatic heterocycles. The Morgan fingerprint density at radius 3 is 2.74 bits per heavy atom. The van der Waals surface area contributed by atoms with Crippen LogP contribution in [0.15, 0.2) is 28.2 Å². The molecule has 0 atom stereocenters. The minimum absolute atomic E-state index is 0.0795. The monoisotopic (exact) mass is 495 g/mol. The van der Waals surface area contributed by atoms with Crippen LogP contribution in [-0.2, 0) is 22.6 Å². The van der Waals surface area contributed by atoms with Crippen molar-refractivity contribution in [3.05, 3.63) is 44.0 Å². The van der Waals surface area contributed by atoms with Gasteiger partial charge in [0.1, 0.15) is 11.5 Å². The van der Waals surface area contributed by atoms with Crippen molar-refractivity contribution in [3.63, 3.8) is 0 Å². The maximum atomic E-state index is 12.2. The Hall–Kier alpha value is -3.98. The van der Waals surface area contributed by atoms with E-state index in [1.807, 2.05) is 6.07 Å². The van der Waals surface area contributed by atoms with Crippen molar-refractivity contribution in [1.29, 1.82) is 0 Å². The number of fused-ring (bicyclic) bond motifs is 1. The fourth-order valence-electron chi connectivity index (χ4n) is 2.91. The van der Waals surface area contributed by atoms with Crippen molar-refractivity contribution >= 4 is 46.0 Å². The molecule has 0 bridgehead atoms. The second-order valence-corrected chi connectivity index (χ2v) is 8.08. The highest BCUT2D eigenvalue weighted by Crippen LogP contribution is 2.20. The van der Waals surface area contributed by atoms with E-state index in [4.69, 9.17) is 17.3 Å². The summed E-state index contributed by atoms with van der Waals surface area (Å²) >= 11 is 1.43. The molecule has 0 fully saturated rings. The molecule has 0 unspecified atom stereocenters. The zero-order chi connectivity index (χ0) is 25.1. The summed E-state index contributed by atoms with van der Waals surface area (Å²) in [6.45, 7) is 1.47. The maximum Gasteiger partial charge on any atom is 0.345 e. The highest BCUT2D eigenvalue weighted by Gasteiger charge is 2.12. The van der Waals surface area contributed by atoms with Crippen LogP contribution >= 0.6 is 11.3 Å². The number of nitrogens with zero attached hydrogens (tertiary/aromatic N) is 2. The van der Waals surface area contributed by atoms with Crippen molar-refractivity contribution in [2.45, 2.75) is 32.6 Å². The number of nitrogens with two attached hydrogens (primary N) is 3. The van der Waals surface area contributed by atoms with Crippen LogP contribution in [0.1, 0.15) is 39.9 Å². The fraction of sp³-hybridized carbons (Fsp3) is 0.316. The Bertz CT molecular complexity index is 1200. The molecule has 0 radical (unpaired) electrons. The van der Waals surface area contributed by atoms with E-state index in [0.29, 0.717) is 54.0 Å². The first-order chi connectivity index (χ1) is 16.2. The summed E-state index contributed by atoms with van der Waals surface area (Å²) in [6.07, 6.45) is 4.31. The Kier molecular flexibility index (Phi) is 9.97. The van der Waals surface area contributed by atoms with Gasteiger partial charge in [-0.3, -0.25) is 19.5 Å². The molecule has 0 spiro atoms. The summed E-state index contributed by atoms with van der Waals surface area (Å²) in [6, 6.07) is 3.72. The van der Waals surface area contributed by atoms with E-state index in [2.05, 4.69) is 35.8 Å². The third-order valence-electron chi connectivity index (χ3n) is 4.38. The van der Waals surface area contributed by atoms with Gasteiger partial charge in [0.2, 0.25) is 5.95 Å². The average molecular weight is 496 g/mol. The molecule has 3 aromatic rings. The van der Waals surface area contributed by atoms with E-state index in [1.54, 1.807) is 12.3 Å². The number of hydrogen-bond donors (Lipinski definition) is 7. The number of anilines is 1. The Morgan fingerprint density at radius 1 is 1.32 bits per heavy atom. The van der Waals surface area contributed by atoms with Gasteiger partial charge in [0, 0.05) is 35.5 Å². The normalized spacial score (nSPS) is 11.0. The van der Waals surface area contributed by atoms with E-state index in [-0.39, 0.29) is 17.4 Å². The van der Waals surface area contributed by atoms with Crippen LogP contribution in [0.25, 0.3) is 11.0 Å². The van der Waals surface area contributed by atoms with Gasteiger partial charge in [0.25, 0.3) is 11.5 Å². The number of amidine groups is 1. The first-order valence-electron chi connectivity index (χ1n) is 10.0. The van der Waals surface area contributed by atoms with Crippen LogP contribution in [0.5, 0.6) is 0 Å². The first-order valence-corrected chi connectivity index (χ1v) is 10.9. The van der Waals surface area contributed by atoms with Crippen LogP contribution < -0.4 is 33.7 Å². The van der Waals surface area contributed by atoms with Crippen LogP contribution in [0.3, 0.4) is 0 Å². The predicted molar refractivity (Wildman–Crippen MR) is 126 cm³/mol. The molecule has 0 aliphatic rings. The number of H-pyrrole nitrogens is 2. The number of halogens is 1. The Labute approximate surface area is 196 Å². The summed E-state index contributed by atoms with van der Waals surface area (Å²) in [4.78, 5) is 47.5. The zero-order valence-electron chi connectivity index (χ0n) is 18.3. The van der Waals surface area contributed by atoms with Gasteiger partial charge in [-0.15, -0.1) is 11.3 Å². The van der Waals surface area contributed by atoms with Gasteiger partial charge in [-0.2, -0.15) is 10.1 Å². The molecule has 3 heterocycles. The van der Waals surface area contributed by atoms with Crippen LogP contribution in [-0.4, -0.2) is 39.2 Å². The summed E-state index contributed by atoms with van der Waals surface area (Å²) in [5, 5.41) is 7.02. The molecule has 1 amide bonds. The number of nitrogens with one attached hydrogen (secondary N) is 4. The van der Waals surface area contributed by atoms with Gasteiger partial charge in [-0.05, 0) is 37.0 Å². The summed E-state index contributed by atoms with van der Waals surface area (Å²) in [5.74, 6) is 4.47. The molecule has 184 valence electrons. The molecule has 13 nitrogen and oxygen atoms in total. The fourth-order valence-corrected chi connectivity index (χ4v) is 3.83. The number of aryl methyl sites for hydroxylation is 2. The SMILES string of the molecule is CC(=O)OF.NN/N=C(\N)CCCNC(=O)c1ccc(CCc2c[nH]c3nc(N)[nH]c(=O)c23)s1. The number of nitrogen functional groups attached to an aromatic ring is 1. The number of carbonyl (C=O) groups excluding carboxylic acids is 2. The number of hydrazone groups is 1. The van der Waals surface area contributed by atoms with Crippen molar-refractivity contribution in [2.75, 3.05) is 12.3 Å². The van der Waals surface area contributed by atoms with Gasteiger partial charge < -0.3 is 21.8 Å². The average Bonchev–Trinajstić information content (AvgIpc) is 3.43. The number of hydrazine groups is 1. The highest BCUT2D eigenvalue weighted by atomic mass is 32.1. The summed E-state index contributed by atoms with van der Waals surface area (Å²) in [5.41, 5.74) is 14.4. The smallest absolute Gasteiger partial charge is 0.345 e. The molecule has 0 aliphatic heterocycles. The van der Waals surface area contributed by atoms with Crippen molar-refractivity contribution in [3.8, 4) is 0 Å². The lowest BCUT2D eigenvalue weighted by molar-refractivity contribution is -0.180. The number of thiophene rings is 1. The summed E-state index contributed by atoms with van der Waals surface area (Å²) in [7, 11) is 0. The second-order valence-electron chi connectivity index (χ2n) is 6.92. The number of rotatable bonds is 9. The van der Waals surface area contributed by atoms with Gasteiger partial charge in [0.15, 0.2) is 0 Å². The van der Waals surface area contributed by atoms with Gasteiger partial charge >= 0.3 is 5.97 Å². The Balaban J connectivity index is 0.000000739. The number of amides is 1. The van der Waals surface area contributed by atoms with E-state index in [0.717, 1.165) is 17.4 Å². The lowest BCUT2D eigenvalue weighted by atomic mass is 10.1. The van der Waals surface area contributed by atoms with Crippen molar-refractivity contribution in [1.82, 2.24) is 25.8 Å². The molecule has 0 aromatic carbocycles. The molecule has 15 heteroatoms. The molecule has 10 N–H and O–H groups in total. The lowest BCUT2D eigenvalue weighted by Crippen LogP contribution is -2.26. The highest BCUT2D eigenvalue weighted by molar-refractivity contribution is 7.14. The van der Waals surface area contributed by atoms with Crippen LogP contribution in [0.2, 0.25) is 0 Å². The zero-order valence-corrected chi connectivity index (χ0v) is 19.1.